The Kier molecular flexibility index (Phi) is 6.02. The molecule has 1 N–H and O–H groups in total. The topological polar surface area (TPSA) is 43.4 Å². The third-order valence-corrected chi connectivity index (χ3v) is 4.19. The first-order chi connectivity index (χ1) is 10.1. The van der Waals surface area contributed by atoms with Crippen LogP contribution in [0.1, 0.15) is 24.3 Å². The lowest BCUT2D eigenvalue weighted by molar-refractivity contribution is 0.285. The Bertz CT molecular complexity index is 573. The highest BCUT2D eigenvalue weighted by molar-refractivity contribution is 9.10. The predicted octanol–water partition coefficient (Wildman–Crippen LogP) is 3.99. The van der Waals surface area contributed by atoms with Crippen molar-refractivity contribution in [3.8, 4) is 11.5 Å². The maximum Gasteiger partial charge on any atom is 0.175 e. The molecule has 0 bridgehead atoms. The standard InChI is InChI=1S/C15H19BrN2O2S/c1-10(2)18-6-11-4-13(16)15(14(5-11)19-3)20-8-12-7-17-9-21-12/h4-5,7,9-10,18H,6,8H2,1-3H3. The van der Waals surface area contributed by atoms with E-state index in [1.54, 1.807) is 24.0 Å². The van der Waals surface area contributed by atoms with Crippen molar-refractivity contribution in [3.05, 3.63) is 38.8 Å². The summed E-state index contributed by atoms with van der Waals surface area (Å²) >= 11 is 5.14. The Labute approximate surface area is 137 Å². The first-order valence-electron chi connectivity index (χ1n) is 6.70. The average Bonchev–Trinajstić information content (AvgIpc) is 2.96. The van der Waals surface area contributed by atoms with E-state index in [4.69, 9.17) is 9.47 Å². The summed E-state index contributed by atoms with van der Waals surface area (Å²) in [6, 6.07) is 4.50. The van der Waals surface area contributed by atoms with Crippen molar-refractivity contribution < 1.29 is 9.47 Å². The number of ether oxygens (including phenoxy) is 2. The molecule has 0 atom stereocenters. The molecule has 2 rings (SSSR count). The van der Waals surface area contributed by atoms with Gasteiger partial charge in [0, 0.05) is 18.8 Å². The first kappa shape index (κ1) is 16.3. The number of aromatic nitrogens is 1. The van der Waals surface area contributed by atoms with Gasteiger partial charge in [-0.3, -0.25) is 4.98 Å². The van der Waals surface area contributed by atoms with Crippen molar-refractivity contribution in [3.63, 3.8) is 0 Å². The SMILES string of the molecule is COc1cc(CNC(C)C)cc(Br)c1OCc1cncs1. The van der Waals surface area contributed by atoms with E-state index in [0.717, 1.165) is 33.0 Å². The lowest BCUT2D eigenvalue weighted by Gasteiger charge is -2.15. The lowest BCUT2D eigenvalue weighted by atomic mass is 10.2. The summed E-state index contributed by atoms with van der Waals surface area (Å²) in [5.41, 5.74) is 2.95. The second-order valence-electron chi connectivity index (χ2n) is 4.90. The molecule has 0 radical (unpaired) electrons. The van der Waals surface area contributed by atoms with E-state index < -0.39 is 0 Å². The smallest absolute Gasteiger partial charge is 0.175 e. The molecule has 2 aromatic rings. The number of hydrogen-bond donors (Lipinski definition) is 1. The molecule has 0 spiro atoms. The van der Waals surface area contributed by atoms with Crippen molar-refractivity contribution in [2.45, 2.75) is 33.0 Å². The number of thiazole rings is 1. The summed E-state index contributed by atoms with van der Waals surface area (Å²) in [6.45, 7) is 5.53. The van der Waals surface area contributed by atoms with Gasteiger partial charge >= 0.3 is 0 Å². The minimum Gasteiger partial charge on any atom is -0.493 e. The molecule has 1 heterocycles. The zero-order chi connectivity index (χ0) is 15.2. The first-order valence-corrected chi connectivity index (χ1v) is 8.37. The van der Waals surface area contributed by atoms with E-state index in [-0.39, 0.29) is 0 Å². The minimum absolute atomic E-state index is 0.442. The van der Waals surface area contributed by atoms with E-state index in [0.29, 0.717) is 12.6 Å². The van der Waals surface area contributed by atoms with E-state index in [9.17, 15) is 0 Å². The van der Waals surface area contributed by atoms with Crippen molar-refractivity contribution in [2.75, 3.05) is 7.11 Å². The third kappa shape index (κ3) is 4.69. The van der Waals surface area contributed by atoms with Crippen LogP contribution in [0, 0.1) is 0 Å². The molecule has 0 aliphatic carbocycles. The molecule has 0 saturated carbocycles. The quantitative estimate of drug-likeness (QED) is 0.799. The monoisotopic (exact) mass is 370 g/mol. The van der Waals surface area contributed by atoms with E-state index in [1.165, 1.54) is 0 Å². The van der Waals surface area contributed by atoms with Crippen LogP contribution in [-0.2, 0) is 13.2 Å². The number of hydrogen-bond acceptors (Lipinski definition) is 5. The fourth-order valence-electron chi connectivity index (χ4n) is 1.79. The predicted molar refractivity (Wildman–Crippen MR) is 89.1 cm³/mol. The number of halogens is 1. The van der Waals surface area contributed by atoms with Gasteiger partial charge in [0.1, 0.15) is 6.61 Å². The van der Waals surface area contributed by atoms with Crippen LogP contribution < -0.4 is 14.8 Å². The minimum atomic E-state index is 0.442. The maximum absolute atomic E-state index is 5.86. The molecule has 1 aromatic carbocycles. The fourth-order valence-corrected chi connectivity index (χ4v) is 2.90. The molecule has 21 heavy (non-hydrogen) atoms. The van der Waals surface area contributed by atoms with Crippen LogP contribution in [0.5, 0.6) is 11.5 Å². The molecule has 0 aliphatic rings. The largest absolute Gasteiger partial charge is 0.493 e. The number of methoxy groups -OCH3 is 1. The molecule has 114 valence electrons. The highest BCUT2D eigenvalue weighted by Crippen LogP contribution is 2.37. The number of rotatable bonds is 7. The third-order valence-electron chi connectivity index (χ3n) is 2.85. The fraction of sp³-hybridized carbons (Fsp3) is 0.400. The maximum atomic E-state index is 5.86. The zero-order valence-electron chi connectivity index (χ0n) is 12.4. The molecule has 6 heteroatoms. The van der Waals surface area contributed by atoms with Crippen LogP contribution in [-0.4, -0.2) is 18.1 Å². The summed E-state index contributed by atoms with van der Waals surface area (Å²) in [5.74, 6) is 1.45. The Hall–Kier alpha value is -1.11. The summed E-state index contributed by atoms with van der Waals surface area (Å²) in [6.07, 6.45) is 1.81. The lowest BCUT2D eigenvalue weighted by Crippen LogP contribution is -2.21. The summed E-state index contributed by atoms with van der Waals surface area (Å²) in [5, 5.41) is 3.39. The average molecular weight is 371 g/mol. The van der Waals surface area contributed by atoms with Crippen LogP contribution in [0.15, 0.2) is 28.3 Å². The second-order valence-corrected chi connectivity index (χ2v) is 6.73. The van der Waals surface area contributed by atoms with Crippen molar-refractivity contribution >= 4 is 27.3 Å². The molecule has 0 unspecified atom stereocenters. The van der Waals surface area contributed by atoms with Crippen LogP contribution in [0.3, 0.4) is 0 Å². The van der Waals surface area contributed by atoms with Crippen molar-refractivity contribution in [1.82, 2.24) is 10.3 Å². The van der Waals surface area contributed by atoms with Gasteiger partial charge in [0.25, 0.3) is 0 Å². The van der Waals surface area contributed by atoms with E-state index in [1.807, 2.05) is 12.3 Å². The van der Waals surface area contributed by atoms with Crippen LogP contribution in [0.4, 0.5) is 0 Å². The Morgan fingerprint density at radius 1 is 1.38 bits per heavy atom. The molecular weight excluding hydrogens is 352 g/mol. The van der Waals surface area contributed by atoms with Crippen molar-refractivity contribution in [1.29, 1.82) is 0 Å². The molecular formula is C15H19BrN2O2S. The molecule has 0 aliphatic heterocycles. The van der Waals surface area contributed by atoms with Gasteiger partial charge in [-0.1, -0.05) is 13.8 Å². The Balaban J connectivity index is 2.12. The van der Waals surface area contributed by atoms with Crippen LogP contribution in [0.2, 0.25) is 0 Å². The van der Waals surface area contributed by atoms with Gasteiger partial charge in [-0.2, -0.15) is 0 Å². The van der Waals surface area contributed by atoms with E-state index in [2.05, 4.69) is 46.1 Å². The second kappa shape index (κ2) is 7.77. The van der Waals surface area contributed by atoms with Gasteiger partial charge in [0.15, 0.2) is 11.5 Å². The number of nitrogens with zero attached hydrogens (tertiary/aromatic N) is 1. The van der Waals surface area contributed by atoms with Gasteiger partial charge in [-0.15, -0.1) is 11.3 Å². The summed E-state index contributed by atoms with van der Waals surface area (Å²) in [4.78, 5) is 5.12. The molecule has 0 saturated heterocycles. The number of benzene rings is 1. The van der Waals surface area contributed by atoms with Crippen LogP contribution in [0.25, 0.3) is 0 Å². The van der Waals surface area contributed by atoms with Gasteiger partial charge in [-0.05, 0) is 33.6 Å². The summed E-state index contributed by atoms with van der Waals surface area (Å²) < 4.78 is 12.2. The normalized spacial score (nSPS) is 10.9. The summed E-state index contributed by atoms with van der Waals surface area (Å²) in [7, 11) is 1.65. The molecule has 0 fully saturated rings. The molecule has 4 nitrogen and oxygen atoms in total. The van der Waals surface area contributed by atoms with Gasteiger partial charge in [-0.25, -0.2) is 0 Å². The van der Waals surface area contributed by atoms with Crippen LogP contribution >= 0.6 is 27.3 Å². The molecule has 0 amide bonds. The zero-order valence-corrected chi connectivity index (χ0v) is 14.8. The highest BCUT2D eigenvalue weighted by Gasteiger charge is 2.12. The van der Waals surface area contributed by atoms with Gasteiger partial charge in [0.2, 0.25) is 0 Å². The number of nitrogens with one attached hydrogen (secondary N) is 1. The molecule has 1 aromatic heterocycles. The van der Waals surface area contributed by atoms with Gasteiger partial charge in [0.05, 0.1) is 22.0 Å². The Morgan fingerprint density at radius 3 is 2.81 bits per heavy atom. The van der Waals surface area contributed by atoms with Crippen molar-refractivity contribution in [2.24, 2.45) is 0 Å². The van der Waals surface area contributed by atoms with E-state index >= 15 is 0 Å². The highest BCUT2D eigenvalue weighted by atomic mass is 79.9. The van der Waals surface area contributed by atoms with Gasteiger partial charge < -0.3 is 14.8 Å². The Morgan fingerprint density at radius 2 is 2.19 bits per heavy atom.